The van der Waals surface area contributed by atoms with Crippen molar-refractivity contribution in [3.8, 4) is 22.5 Å². The molecule has 1 aliphatic rings. The third kappa shape index (κ3) is 3.20. The summed E-state index contributed by atoms with van der Waals surface area (Å²) in [6.45, 7) is 1.91. The van der Waals surface area contributed by atoms with Crippen LogP contribution in [-0.2, 0) is 0 Å². The van der Waals surface area contributed by atoms with E-state index in [1.165, 1.54) is 4.90 Å². The van der Waals surface area contributed by atoms with Crippen LogP contribution >= 0.6 is 0 Å². The highest BCUT2D eigenvalue weighted by Crippen LogP contribution is 2.42. The second-order valence-corrected chi connectivity index (χ2v) is 9.15. The lowest BCUT2D eigenvalue weighted by atomic mass is 9.99. The maximum atomic E-state index is 13.2. The van der Waals surface area contributed by atoms with Crippen LogP contribution in [0.1, 0.15) is 45.9 Å². The molecule has 0 unspecified atom stereocenters. The number of benzene rings is 3. The zero-order valence-corrected chi connectivity index (χ0v) is 20.4. The van der Waals surface area contributed by atoms with Gasteiger partial charge in [-0.15, -0.1) is 5.10 Å². The topological polar surface area (TPSA) is 93.6 Å². The van der Waals surface area contributed by atoms with Gasteiger partial charge in [-0.05, 0) is 24.1 Å². The first-order valence-electron chi connectivity index (χ1n) is 12.4. The highest BCUT2D eigenvalue weighted by atomic mass is 16.3. The quantitative estimate of drug-likeness (QED) is 0.272. The number of aromatic nitrogens is 4. The van der Waals surface area contributed by atoms with E-state index in [2.05, 4.69) is 10.1 Å². The molecule has 7 rings (SSSR count). The number of rotatable bonds is 5. The predicted octanol–water partition coefficient (Wildman–Crippen LogP) is 5.95. The molecule has 1 aliphatic heterocycles. The molecule has 0 saturated heterocycles. The molecule has 0 spiro atoms. The largest absolute Gasteiger partial charge is 0.437 e. The van der Waals surface area contributed by atoms with Gasteiger partial charge in [0.15, 0.2) is 11.5 Å². The van der Waals surface area contributed by atoms with Crippen LogP contribution in [0, 0.1) is 0 Å². The first kappa shape index (κ1) is 22.1. The number of furan rings is 1. The van der Waals surface area contributed by atoms with Crippen molar-refractivity contribution in [2.45, 2.75) is 19.4 Å². The Bertz CT molecular complexity index is 1820. The molecule has 2 amide bonds. The molecule has 0 N–H and O–H groups in total. The molecule has 8 nitrogen and oxygen atoms in total. The summed E-state index contributed by atoms with van der Waals surface area (Å²) in [7, 11) is 0. The molecule has 8 heteroatoms. The fourth-order valence-electron chi connectivity index (χ4n) is 5.20. The van der Waals surface area contributed by atoms with E-state index in [0.29, 0.717) is 45.9 Å². The molecule has 3 aromatic heterocycles. The van der Waals surface area contributed by atoms with Gasteiger partial charge < -0.3 is 4.42 Å². The summed E-state index contributed by atoms with van der Waals surface area (Å²) < 4.78 is 7.90. The van der Waals surface area contributed by atoms with Crippen LogP contribution in [0.3, 0.4) is 0 Å². The minimum Gasteiger partial charge on any atom is -0.437 e. The van der Waals surface area contributed by atoms with Crippen molar-refractivity contribution in [2.75, 3.05) is 0 Å². The fourth-order valence-corrected chi connectivity index (χ4v) is 5.20. The van der Waals surface area contributed by atoms with Crippen LogP contribution in [-0.4, -0.2) is 36.3 Å². The maximum Gasteiger partial charge on any atom is 0.262 e. The molecule has 184 valence electrons. The molecular weight excluding hydrogens is 478 g/mol. The van der Waals surface area contributed by atoms with Gasteiger partial charge in [0.1, 0.15) is 18.1 Å². The number of hydrogen-bond acceptors (Lipinski definition) is 6. The second kappa shape index (κ2) is 8.48. The standard InChI is InChI=1S/C30H21N5O3/c1-2-22(35-29(36)20-15-9-10-16-21(20)30(35)37)26-32-27-24-23(18-11-5-3-6-12-18)25(19-13-7-4-8-14-19)38-28(24)31-17-34(27)33-26/h3-17,22H,2H2,1H3/t22-/m0/s1. The summed E-state index contributed by atoms with van der Waals surface area (Å²) in [5.41, 5.74) is 4.51. The molecule has 0 fully saturated rings. The first-order valence-corrected chi connectivity index (χ1v) is 12.4. The summed E-state index contributed by atoms with van der Waals surface area (Å²) in [5.74, 6) is 0.389. The normalized spacial score (nSPS) is 14.0. The highest BCUT2D eigenvalue weighted by Gasteiger charge is 2.41. The average Bonchev–Trinajstić information content (AvgIpc) is 3.64. The van der Waals surface area contributed by atoms with Crippen LogP contribution in [0.15, 0.2) is 95.7 Å². The Morgan fingerprint density at radius 2 is 1.42 bits per heavy atom. The Balaban J connectivity index is 1.43. The molecule has 6 aromatic rings. The molecule has 3 aromatic carbocycles. The van der Waals surface area contributed by atoms with Crippen molar-refractivity contribution in [2.24, 2.45) is 0 Å². The minimum absolute atomic E-state index is 0.334. The molecule has 0 radical (unpaired) electrons. The van der Waals surface area contributed by atoms with Crippen LogP contribution in [0.25, 0.3) is 39.2 Å². The highest BCUT2D eigenvalue weighted by molar-refractivity contribution is 6.21. The Morgan fingerprint density at radius 1 is 0.816 bits per heavy atom. The SMILES string of the molecule is CC[C@@H](c1nc2c3c(-c4ccccc4)c(-c4ccccc4)oc3ncn2n1)N1C(=O)c2ccccc2C1=O. The molecular formula is C30H21N5O3. The summed E-state index contributed by atoms with van der Waals surface area (Å²) in [4.78, 5) is 37.2. The third-order valence-electron chi connectivity index (χ3n) is 6.97. The van der Waals surface area contributed by atoms with Gasteiger partial charge in [0.05, 0.1) is 16.5 Å². The summed E-state index contributed by atoms with van der Waals surface area (Å²) in [6, 6.07) is 26.1. The molecule has 0 aliphatic carbocycles. The minimum atomic E-state index is -0.627. The molecule has 38 heavy (non-hydrogen) atoms. The van der Waals surface area contributed by atoms with E-state index in [4.69, 9.17) is 9.40 Å². The molecule has 0 saturated carbocycles. The van der Waals surface area contributed by atoms with E-state index in [9.17, 15) is 9.59 Å². The van der Waals surface area contributed by atoms with Crippen LogP contribution in [0.2, 0.25) is 0 Å². The smallest absolute Gasteiger partial charge is 0.262 e. The van der Waals surface area contributed by atoms with Gasteiger partial charge in [-0.25, -0.2) is 14.5 Å². The zero-order chi connectivity index (χ0) is 25.8. The fraction of sp³-hybridized carbons (Fsp3) is 0.100. The number of fused-ring (bicyclic) bond motifs is 4. The molecule has 1 atom stereocenters. The van der Waals surface area contributed by atoms with Crippen molar-refractivity contribution in [1.29, 1.82) is 0 Å². The van der Waals surface area contributed by atoms with Crippen molar-refractivity contribution >= 4 is 28.6 Å². The van der Waals surface area contributed by atoms with Gasteiger partial charge in [0.25, 0.3) is 11.8 Å². The van der Waals surface area contributed by atoms with E-state index in [0.717, 1.165) is 16.7 Å². The third-order valence-corrected chi connectivity index (χ3v) is 6.97. The van der Waals surface area contributed by atoms with Gasteiger partial charge in [-0.2, -0.15) is 0 Å². The van der Waals surface area contributed by atoms with E-state index in [1.54, 1.807) is 35.1 Å². The van der Waals surface area contributed by atoms with Gasteiger partial charge in [-0.1, -0.05) is 79.7 Å². The van der Waals surface area contributed by atoms with Crippen molar-refractivity contribution in [1.82, 2.24) is 24.5 Å². The van der Waals surface area contributed by atoms with Crippen LogP contribution in [0.4, 0.5) is 0 Å². The van der Waals surface area contributed by atoms with Gasteiger partial charge >= 0.3 is 0 Å². The summed E-state index contributed by atoms with van der Waals surface area (Å²) >= 11 is 0. The number of nitrogens with zero attached hydrogens (tertiary/aromatic N) is 5. The Morgan fingerprint density at radius 3 is 2.05 bits per heavy atom. The number of carbonyl (C=O) groups is 2. The van der Waals surface area contributed by atoms with E-state index >= 15 is 0 Å². The number of amides is 2. The van der Waals surface area contributed by atoms with E-state index in [1.807, 2.05) is 67.6 Å². The lowest BCUT2D eigenvalue weighted by Crippen LogP contribution is -2.34. The predicted molar refractivity (Wildman–Crippen MR) is 141 cm³/mol. The van der Waals surface area contributed by atoms with Crippen molar-refractivity contribution in [3.05, 3.63) is 108 Å². The Labute approximate surface area is 217 Å². The van der Waals surface area contributed by atoms with Gasteiger partial charge in [0, 0.05) is 11.1 Å². The zero-order valence-electron chi connectivity index (χ0n) is 20.4. The molecule has 4 heterocycles. The number of hydrogen-bond donors (Lipinski definition) is 0. The number of imide groups is 1. The maximum absolute atomic E-state index is 13.2. The summed E-state index contributed by atoms with van der Waals surface area (Å²) in [5, 5.41) is 5.40. The van der Waals surface area contributed by atoms with Crippen molar-refractivity contribution in [3.63, 3.8) is 0 Å². The van der Waals surface area contributed by atoms with Crippen LogP contribution in [0.5, 0.6) is 0 Å². The van der Waals surface area contributed by atoms with E-state index in [-0.39, 0.29) is 11.8 Å². The van der Waals surface area contributed by atoms with Gasteiger partial charge in [-0.3, -0.25) is 14.5 Å². The molecule has 0 bridgehead atoms. The van der Waals surface area contributed by atoms with Crippen LogP contribution < -0.4 is 0 Å². The Kier molecular flexibility index (Phi) is 4.94. The van der Waals surface area contributed by atoms with Gasteiger partial charge in [0.2, 0.25) is 5.71 Å². The second-order valence-electron chi connectivity index (χ2n) is 9.15. The monoisotopic (exact) mass is 499 g/mol. The van der Waals surface area contributed by atoms with E-state index < -0.39 is 6.04 Å². The Hall–Kier alpha value is -5.11. The summed E-state index contributed by atoms with van der Waals surface area (Å²) in [6.07, 6.45) is 2.02. The average molecular weight is 500 g/mol. The van der Waals surface area contributed by atoms with Crippen molar-refractivity contribution < 1.29 is 14.0 Å². The first-order chi connectivity index (χ1) is 18.7. The lowest BCUT2D eigenvalue weighted by molar-refractivity contribution is 0.0570. The lowest BCUT2D eigenvalue weighted by Gasteiger charge is -2.22. The number of carbonyl (C=O) groups excluding carboxylic acids is 2.